The average molecular weight is 257 g/mol. The van der Waals surface area contributed by atoms with Crippen LogP contribution in [0.15, 0.2) is 0 Å². The van der Waals surface area contributed by atoms with E-state index in [1.807, 2.05) is 20.8 Å². The zero-order valence-electron chi connectivity index (χ0n) is 11.4. The first-order valence-corrected chi connectivity index (χ1v) is 6.42. The Morgan fingerprint density at radius 1 is 1.33 bits per heavy atom. The highest BCUT2D eigenvalue weighted by molar-refractivity contribution is 5.78. The van der Waals surface area contributed by atoms with Crippen molar-refractivity contribution < 1.29 is 14.3 Å². The molecule has 1 atom stereocenters. The summed E-state index contributed by atoms with van der Waals surface area (Å²) in [6.45, 7) is 8.34. The van der Waals surface area contributed by atoms with E-state index < -0.39 is 0 Å². The third-order valence-electron chi connectivity index (χ3n) is 2.75. The minimum atomic E-state index is -0.0936. The van der Waals surface area contributed by atoms with E-state index in [0.29, 0.717) is 32.8 Å². The number of amides is 3. The lowest BCUT2D eigenvalue weighted by molar-refractivity contribution is -0.123. The highest BCUT2D eigenvalue weighted by Gasteiger charge is 2.20. The van der Waals surface area contributed by atoms with E-state index in [9.17, 15) is 9.59 Å². The molecule has 1 fully saturated rings. The van der Waals surface area contributed by atoms with Gasteiger partial charge in [0.25, 0.3) is 0 Å². The van der Waals surface area contributed by atoms with Crippen molar-refractivity contribution in [1.82, 2.24) is 15.5 Å². The number of rotatable bonds is 4. The SMILES string of the molecule is CC1CN(C(=O)NCCNC(=O)C(C)C)CCO1. The van der Waals surface area contributed by atoms with Crippen LogP contribution in [-0.4, -0.2) is 55.7 Å². The van der Waals surface area contributed by atoms with E-state index in [2.05, 4.69) is 10.6 Å². The van der Waals surface area contributed by atoms with E-state index in [0.717, 1.165) is 0 Å². The molecule has 1 rings (SSSR count). The number of hydrogen-bond acceptors (Lipinski definition) is 3. The van der Waals surface area contributed by atoms with Crippen LogP contribution in [0, 0.1) is 5.92 Å². The molecule has 0 radical (unpaired) electrons. The van der Waals surface area contributed by atoms with E-state index in [1.165, 1.54) is 0 Å². The van der Waals surface area contributed by atoms with Crippen molar-refractivity contribution in [2.24, 2.45) is 5.92 Å². The van der Waals surface area contributed by atoms with Gasteiger partial charge in [0.1, 0.15) is 0 Å². The second kappa shape index (κ2) is 7.20. The summed E-state index contributed by atoms with van der Waals surface area (Å²) in [6.07, 6.45) is 0.0881. The van der Waals surface area contributed by atoms with Crippen molar-refractivity contribution >= 4 is 11.9 Å². The van der Waals surface area contributed by atoms with E-state index in [1.54, 1.807) is 4.90 Å². The molecular formula is C12H23N3O3. The fourth-order valence-electron chi connectivity index (χ4n) is 1.67. The summed E-state index contributed by atoms with van der Waals surface area (Å²) in [5.74, 6) is -0.0231. The highest BCUT2D eigenvalue weighted by Crippen LogP contribution is 2.03. The average Bonchev–Trinajstić information content (AvgIpc) is 2.33. The first kappa shape index (κ1) is 14.8. The maximum Gasteiger partial charge on any atom is 0.317 e. The Morgan fingerprint density at radius 2 is 2.00 bits per heavy atom. The molecule has 1 aliphatic rings. The molecule has 6 nitrogen and oxygen atoms in total. The molecule has 18 heavy (non-hydrogen) atoms. The second-order valence-electron chi connectivity index (χ2n) is 4.81. The lowest BCUT2D eigenvalue weighted by Gasteiger charge is -2.31. The van der Waals surface area contributed by atoms with Crippen molar-refractivity contribution in [2.45, 2.75) is 26.9 Å². The van der Waals surface area contributed by atoms with Crippen molar-refractivity contribution in [3.05, 3.63) is 0 Å². The molecule has 6 heteroatoms. The van der Waals surface area contributed by atoms with Gasteiger partial charge in [-0.05, 0) is 6.92 Å². The van der Waals surface area contributed by atoms with Gasteiger partial charge in [-0.2, -0.15) is 0 Å². The summed E-state index contributed by atoms with van der Waals surface area (Å²) in [5.41, 5.74) is 0. The van der Waals surface area contributed by atoms with Crippen molar-refractivity contribution in [3.63, 3.8) is 0 Å². The predicted molar refractivity (Wildman–Crippen MR) is 68.2 cm³/mol. The predicted octanol–water partition coefficient (Wildman–Crippen LogP) is 0.189. The lowest BCUT2D eigenvalue weighted by atomic mass is 10.2. The van der Waals surface area contributed by atoms with Gasteiger partial charge in [-0.25, -0.2) is 4.79 Å². The van der Waals surface area contributed by atoms with Crippen LogP contribution in [0.4, 0.5) is 4.79 Å². The number of urea groups is 1. The Bertz CT molecular complexity index is 294. The number of nitrogens with one attached hydrogen (secondary N) is 2. The van der Waals surface area contributed by atoms with Gasteiger partial charge in [-0.1, -0.05) is 13.8 Å². The van der Waals surface area contributed by atoms with E-state index >= 15 is 0 Å². The van der Waals surface area contributed by atoms with Crippen LogP contribution in [0.2, 0.25) is 0 Å². The molecule has 104 valence electrons. The molecule has 0 spiro atoms. The summed E-state index contributed by atoms with van der Waals surface area (Å²) in [4.78, 5) is 24.8. The number of nitrogens with zero attached hydrogens (tertiary/aromatic N) is 1. The van der Waals surface area contributed by atoms with Crippen molar-refractivity contribution in [3.8, 4) is 0 Å². The first-order valence-electron chi connectivity index (χ1n) is 6.42. The van der Waals surface area contributed by atoms with Crippen LogP contribution in [0.5, 0.6) is 0 Å². The van der Waals surface area contributed by atoms with Gasteiger partial charge in [0.2, 0.25) is 5.91 Å². The van der Waals surface area contributed by atoms with Crippen LogP contribution in [0.1, 0.15) is 20.8 Å². The topological polar surface area (TPSA) is 70.7 Å². The Labute approximate surface area is 108 Å². The Kier molecular flexibility index (Phi) is 5.91. The highest BCUT2D eigenvalue weighted by atomic mass is 16.5. The molecule has 0 bridgehead atoms. The zero-order valence-corrected chi connectivity index (χ0v) is 11.4. The minimum Gasteiger partial charge on any atom is -0.375 e. The standard InChI is InChI=1S/C12H23N3O3/c1-9(2)11(16)13-4-5-14-12(17)15-6-7-18-10(3)8-15/h9-10H,4-8H2,1-3H3,(H,13,16)(H,14,17). The first-order chi connectivity index (χ1) is 8.50. The van der Waals surface area contributed by atoms with Gasteiger partial charge in [0, 0.05) is 32.1 Å². The summed E-state index contributed by atoms with van der Waals surface area (Å²) >= 11 is 0. The van der Waals surface area contributed by atoms with Crippen molar-refractivity contribution in [2.75, 3.05) is 32.8 Å². The smallest absolute Gasteiger partial charge is 0.317 e. The lowest BCUT2D eigenvalue weighted by Crippen LogP contribution is -2.50. The van der Waals surface area contributed by atoms with Crippen LogP contribution < -0.4 is 10.6 Å². The van der Waals surface area contributed by atoms with Crippen molar-refractivity contribution in [1.29, 1.82) is 0 Å². The molecule has 0 aromatic heterocycles. The molecule has 2 N–H and O–H groups in total. The fraction of sp³-hybridized carbons (Fsp3) is 0.833. The molecule has 0 aliphatic carbocycles. The van der Waals surface area contributed by atoms with Gasteiger partial charge in [0.05, 0.1) is 12.7 Å². The third-order valence-corrected chi connectivity index (χ3v) is 2.75. The Morgan fingerprint density at radius 3 is 2.61 bits per heavy atom. The molecule has 1 aliphatic heterocycles. The number of carbonyl (C=O) groups is 2. The van der Waals surface area contributed by atoms with Gasteiger partial charge in [-0.15, -0.1) is 0 Å². The quantitative estimate of drug-likeness (QED) is 0.706. The van der Waals surface area contributed by atoms with Gasteiger partial charge in [0.15, 0.2) is 0 Å². The third kappa shape index (κ3) is 4.91. The normalized spacial score (nSPS) is 19.8. The number of carbonyl (C=O) groups excluding carboxylic acids is 2. The Balaban J connectivity index is 2.15. The largest absolute Gasteiger partial charge is 0.375 e. The molecular weight excluding hydrogens is 234 g/mol. The van der Waals surface area contributed by atoms with Gasteiger partial charge < -0.3 is 20.3 Å². The molecule has 3 amide bonds. The van der Waals surface area contributed by atoms with E-state index in [-0.39, 0.29) is 24.0 Å². The molecule has 1 heterocycles. The van der Waals surface area contributed by atoms with Crippen LogP contribution in [-0.2, 0) is 9.53 Å². The minimum absolute atomic E-state index is 0.00393. The second-order valence-corrected chi connectivity index (χ2v) is 4.81. The summed E-state index contributed by atoms with van der Waals surface area (Å²) in [7, 11) is 0. The maximum absolute atomic E-state index is 11.8. The van der Waals surface area contributed by atoms with Crippen LogP contribution in [0.3, 0.4) is 0 Å². The van der Waals surface area contributed by atoms with E-state index in [4.69, 9.17) is 4.74 Å². The molecule has 0 aromatic carbocycles. The van der Waals surface area contributed by atoms with Crippen LogP contribution in [0.25, 0.3) is 0 Å². The molecule has 1 saturated heterocycles. The molecule has 1 unspecified atom stereocenters. The molecule has 0 aromatic rings. The Hall–Kier alpha value is -1.30. The van der Waals surface area contributed by atoms with Gasteiger partial charge >= 0.3 is 6.03 Å². The number of hydrogen-bond donors (Lipinski definition) is 2. The molecule has 0 saturated carbocycles. The maximum atomic E-state index is 11.8. The zero-order chi connectivity index (χ0) is 13.5. The summed E-state index contributed by atoms with van der Waals surface area (Å²) in [6, 6.07) is -0.0936. The summed E-state index contributed by atoms with van der Waals surface area (Å²) in [5, 5.41) is 5.54. The summed E-state index contributed by atoms with van der Waals surface area (Å²) < 4.78 is 5.36. The number of morpholine rings is 1. The van der Waals surface area contributed by atoms with Gasteiger partial charge in [-0.3, -0.25) is 4.79 Å². The number of ether oxygens (including phenoxy) is 1. The monoisotopic (exact) mass is 257 g/mol. The van der Waals surface area contributed by atoms with Crippen LogP contribution >= 0.6 is 0 Å². The fourth-order valence-corrected chi connectivity index (χ4v) is 1.67.